The molecule has 0 fully saturated rings. The van der Waals surface area contributed by atoms with Gasteiger partial charge in [0.25, 0.3) is 11.5 Å². The number of carbonyl (C=O) groups is 1. The Morgan fingerprint density at radius 1 is 0.972 bits per heavy atom. The molecule has 0 unspecified atom stereocenters. The number of carbonyl (C=O) groups excluding carboxylic acids is 1. The predicted octanol–water partition coefficient (Wildman–Crippen LogP) is 4.51. The first-order chi connectivity index (χ1) is 17.6. The highest BCUT2D eigenvalue weighted by molar-refractivity contribution is 5.98. The molecule has 0 aliphatic carbocycles. The molecule has 36 heavy (non-hydrogen) atoms. The average molecular weight is 481 g/mol. The second-order valence-corrected chi connectivity index (χ2v) is 8.79. The number of benzene rings is 2. The van der Waals surface area contributed by atoms with Gasteiger partial charge in [-0.2, -0.15) is 0 Å². The third-order valence-corrected chi connectivity index (χ3v) is 6.40. The maximum Gasteiger partial charge on any atom is 0.268 e. The third-order valence-electron chi connectivity index (χ3n) is 6.40. The van der Waals surface area contributed by atoms with Crippen LogP contribution in [0.4, 0.5) is 0 Å². The van der Waals surface area contributed by atoms with Gasteiger partial charge in [-0.3, -0.25) is 14.0 Å². The summed E-state index contributed by atoms with van der Waals surface area (Å²) in [5.41, 5.74) is 4.13. The van der Waals surface area contributed by atoms with E-state index in [2.05, 4.69) is 5.32 Å². The van der Waals surface area contributed by atoms with Gasteiger partial charge in [0, 0.05) is 26.5 Å². The van der Waals surface area contributed by atoms with Gasteiger partial charge in [-0.05, 0) is 42.2 Å². The van der Waals surface area contributed by atoms with Gasteiger partial charge >= 0.3 is 0 Å². The van der Waals surface area contributed by atoms with Crippen molar-refractivity contribution in [2.45, 2.75) is 25.9 Å². The molecule has 2 aromatic carbocycles. The molecule has 5 rings (SSSR count). The molecule has 0 atom stereocenters. The largest absolute Gasteiger partial charge is 0.385 e. The lowest BCUT2D eigenvalue weighted by atomic mass is 9.98. The zero-order valence-electron chi connectivity index (χ0n) is 20.3. The molecule has 0 spiro atoms. The van der Waals surface area contributed by atoms with Crippen LogP contribution < -0.4 is 10.9 Å². The van der Waals surface area contributed by atoms with Crippen molar-refractivity contribution in [1.29, 1.82) is 0 Å². The fourth-order valence-electron chi connectivity index (χ4n) is 4.60. The fraction of sp³-hybridized carbons (Fsp3) is 0.207. The summed E-state index contributed by atoms with van der Waals surface area (Å²) < 4.78 is 8.62. The van der Waals surface area contributed by atoms with Crippen LogP contribution in [0.5, 0.6) is 0 Å². The van der Waals surface area contributed by atoms with Crippen molar-refractivity contribution in [2.75, 3.05) is 13.7 Å². The van der Waals surface area contributed by atoms with Gasteiger partial charge in [0.2, 0.25) is 0 Å². The summed E-state index contributed by atoms with van der Waals surface area (Å²) in [6.07, 6.45) is 2.39. The highest BCUT2D eigenvalue weighted by Crippen LogP contribution is 2.24. The summed E-state index contributed by atoms with van der Waals surface area (Å²) in [7, 11) is 1.65. The normalized spacial score (nSPS) is 11.4. The van der Waals surface area contributed by atoms with Crippen molar-refractivity contribution in [3.63, 3.8) is 0 Å². The van der Waals surface area contributed by atoms with Crippen molar-refractivity contribution < 1.29 is 9.53 Å². The number of nitrogens with zero attached hydrogens (tertiary/aromatic N) is 3. The van der Waals surface area contributed by atoms with E-state index >= 15 is 0 Å². The van der Waals surface area contributed by atoms with Crippen LogP contribution in [0.2, 0.25) is 0 Å². The lowest BCUT2D eigenvalue weighted by Gasteiger charge is -2.20. The van der Waals surface area contributed by atoms with Crippen LogP contribution in [-0.2, 0) is 11.3 Å². The molecular weight excluding hydrogens is 452 g/mol. The first-order valence-electron chi connectivity index (χ1n) is 12.0. The van der Waals surface area contributed by atoms with Gasteiger partial charge in [-0.25, -0.2) is 4.98 Å². The molecule has 0 bridgehead atoms. The average Bonchev–Trinajstić information content (AvgIpc) is 3.28. The number of hydrogen-bond acceptors (Lipinski definition) is 4. The predicted molar refractivity (Wildman–Crippen MR) is 140 cm³/mol. The second kappa shape index (κ2) is 10.2. The van der Waals surface area contributed by atoms with Crippen molar-refractivity contribution in [3.8, 4) is 0 Å². The Morgan fingerprint density at radius 2 is 1.64 bits per heavy atom. The molecule has 1 N–H and O–H groups in total. The van der Waals surface area contributed by atoms with Crippen molar-refractivity contribution in [3.05, 3.63) is 118 Å². The lowest BCUT2D eigenvalue weighted by Crippen LogP contribution is -2.31. The van der Waals surface area contributed by atoms with E-state index in [1.54, 1.807) is 19.4 Å². The maximum absolute atomic E-state index is 13.8. The van der Waals surface area contributed by atoms with E-state index in [1.165, 1.54) is 4.40 Å². The number of nitrogens with one attached hydrogen (secondary N) is 1. The molecule has 0 aliphatic rings. The minimum atomic E-state index is -0.347. The molecule has 7 heteroatoms. The number of methoxy groups -OCH3 is 1. The first kappa shape index (κ1) is 23.5. The summed E-state index contributed by atoms with van der Waals surface area (Å²) in [4.78, 5) is 32.0. The summed E-state index contributed by atoms with van der Waals surface area (Å²) in [6, 6.07) is 24.8. The molecule has 3 aromatic heterocycles. The number of fused-ring (bicyclic) bond motifs is 2. The highest BCUT2D eigenvalue weighted by Gasteiger charge is 2.23. The van der Waals surface area contributed by atoms with Crippen LogP contribution in [0.3, 0.4) is 0 Å². The Morgan fingerprint density at radius 3 is 2.28 bits per heavy atom. The summed E-state index contributed by atoms with van der Waals surface area (Å²) in [6.45, 7) is 2.95. The van der Waals surface area contributed by atoms with E-state index in [0.29, 0.717) is 41.9 Å². The topological polar surface area (TPSA) is 77.6 Å². The summed E-state index contributed by atoms with van der Waals surface area (Å²) >= 11 is 0. The second-order valence-electron chi connectivity index (χ2n) is 8.79. The molecule has 0 radical (unpaired) electrons. The minimum Gasteiger partial charge on any atom is -0.385 e. The Bertz CT molecular complexity index is 1530. The molecule has 0 saturated carbocycles. The van der Waals surface area contributed by atoms with Gasteiger partial charge in [0.1, 0.15) is 17.0 Å². The van der Waals surface area contributed by atoms with E-state index in [1.807, 2.05) is 84.3 Å². The van der Waals surface area contributed by atoms with E-state index < -0.39 is 0 Å². The van der Waals surface area contributed by atoms with Gasteiger partial charge < -0.3 is 14.6 Å². The molecule has 5 aromatic rings. The molecule has 0 aliphatic heterocycles. The Kier molecular flexibility index (Phi) is 6.64. The molecule has 0 saturated heterocycles. The van der Waals surface area contributed by atoms with Crippen LogP contribution in [0, 0.1) is 6.92 Å². The Hall–Kier alpha value is -4.23. The SMILES string of the molecule is COCCCn1c(C(=O)NC(c2ccccc2)c2ccccc2)cc2c(=O)n3cccc(C)c3nc21. The minimum absolute atomic E-state index is 0.194. The standard InChI is InChI=1S/C29H28N4O3/c1-20-11-9-16-33-26(20)31-27-23(29(33)35)19-24(32(27)17-10-18-36-2)28(34)30-25(21-12-5-3-6-13-21)22-14-7-4-8-15-22/h3-9,11-16,19,25H,10,17-18H2,1-2H3,(H,30,34). The Balaban J connectivity index is 1.63. The van der Waals surface area contributed by atoms with E-state index in [0.717, 1.165) is 16.7 Å². The molecule has 1 amide bonds. The van der Waals surface area contributed by atoms with Crippen LogP contribution in [0.1, 0.15) is 39.6 Å². The van der Waals surface area contributed by atoms with Gasteiger partial charge in [0.15, 0.2) is 0 Å². The zero-order valence-corrected chi connectivity index (χ0v) is 20.3. The van der Waals surface area contributed by atoms with Crippen molar-refractivity contribution in [2.24, 2.45) is 0 Å². The quantitative estimate of drug-likeness (QED) is 0.332. The fourth-order valence-corrected chi connectivity index (χ4v) is 4.60. The third kappa shape index (κ3) is 4.41. The van der Waals surface area contributed by atoms with E-state index in [9.17, 15) is 9.59 Å². The molecular formula is C29H28N4O3. The number of amides is 1. The maximum atomic E-state index is 13.8. The number of hydrogen-bond donors (Lipinski definition) is 1. The van der Waals surface area contributed by atoms with Crippen LogP contribution >= 0.6 is 0 Å². The highest BCUT2D eigenvalue weighted by atomic mass is 16.5. The Labute approximate surface area is 209 Å². The van der Waals surface area contributed by atoms with E-state index in [4.69, 9.17) is 9.72 Å². The first-order valence-corrected chi connectivity index (χ1v) is 12.0. The van der Waals surface area contributed by atoms with Gasteiger partial charge in [-0.15, -0.1) is 0 Å². The number of rotatable bonds is 8. The van der Waals surface area contributed by atoms with Crippen molar-refractivity contribution >= 4 is 22.6 Å². The van der Waals surface area contributed by atoms with E-state index in [-0.39, 0.29) is 17.5 Å². The van der Waals surface area contributed by atoms with Gasteiger partial charge in [-0.1, -0.05) is 66.7 Å². The molecule has 3 heterocycles. The summed E-state index contributed by atoms with van der Waals surface area (Å²) in [5, 5.41) is 3.62. The van der Waals surface area contributed by atoms with Crippen LogP contribution in [0.15, 0.2) is 89.9 Å². The zero-order chi connectivity index (χ0) is 25.1. The number of pyridine rings is 1. The number of aryl methyl sites for hydroxylation is 2. The lowest BCUT2D eigenvalue weighted by molar-refractivity contribution is 0.0933. The van der Waals surface area contributed by atoms with Crippen LogP contribution in [-0.4, -0.2) is 33.6 Å². The summed E-state index contributed by atoms with van der Waals surface area (Å²) in [5.74, 6) is -0.270. The molecule has 7 nitrogen and oxygen atoms in total. The van der Waals surface area contributed by atoms with Gasteiger partial charge in [0.05, 0.1) is 11.4 Å². The molecule has 182 valence electrons. The monoisotopic (exact) mass is 480 g/mol. The van der Waals surface area contributed by atoms with Crippen LogP contribution in [0.25, 0.3) is 16.7 Å². The smallest absolute Gasteiger partial charge is 0.268 e. The van der Waals surface area contributed by atoms with Crippen molar-refractivity contribution in [1.82, 2.24) is 19.3 Å². The number of ether oxygens (including phenoxy) is 1. The number of aromatic nitrogens is 3.